The second-order valence-corrected chi connectivity index (χ2v) is 6.16. The van der Waals surface area contributed by atoms with E-state index in [1.807, 2.05) is 4.31 Å². The first kappa shape index (κ1) is 17.5. The Bertz CT molecular complexity index is 657. The van der Waals surface area contributed by atoms with Gasteiger partial charge in [0.05, 0.1) is 0 Å². The normalized spacial score (nSPS) is 17.5. The van der Waals surface area contributed by atoms with Crippen molar-refractivity contribution >= 4 is 23.0 Å². The summed E-state index contributed by atoms with van der Waals surface area (Å²) in [6.45, 7) is 5.69. The maximum absolute atomic E-state index is 13.7. The molecule has 1 aliphatic heterocycles. The Labute approximate surface area is 136 Å². The van der Waals surface area contributed by atoms with Gasteiger partial charge in [0.25, 0.3) is 0 Å². The van der Waals surface area contributed by atoms with E-state index in [1.165, 1.54) is 0 Å². The third-order valence-corrected chi connectivity index (χ3v) is 4.31. The first-order valence-corrected chi connectivity index (χ1v) is 8.40. The molecule has 1 aromatic carbocycles. The third kappa shape index (κ3) is 4.80. The van der Waals surface area contributed by atoms with Gasteiger partial charge in [-0.25, -0.2) is 13.1 Å². The Morgan fingerprint density at radius 3 is 2.57 bits per heavy atom. The van der Waals surface area contributed by atoms with Crippen LogP contribution in [0.25, 0.3) is 0 Å². The number of nitrogens with two attached hydrogens (primary N) is 1. The van der Waals surface area contributed by atoms with Crippen LogP contribution in [-0.2, 0) is 11.1 Å². The summed E-state index contributed by atoms with van der Waals surface area (Å²) in [5.74, 6) is -1.60. The average Bonchev–Trinajstić information content (AvgIpc) is 2.50. The second-order valence-electron chi connectivity index (χ2n) is 4.79. The Morgan fingerprint density at radius 1 is 1.22 bits per heavy atom. The number of benzene rings is 1. The van der Waals surface area contributed by atoms with Crippen molar-refractivity contribution in [3.63, 3.8) is 0 Å². The Kier molecular flexibility index (Phi) is 6.17. The molecular weight excluding hydrogens is 324 g/mol. The summed E-state index contributed by atoms with van der Waals surface area (Å²) in [5.41, 5.74) is 5.70. The van der Waals surface area contributed by atoms with Crippen LogP contribution >= 0.6 is 0 Å². The first-order valence-electron chi connectivity index (χ1n) is 7.30. The molecule has 1 heterocycles. The quantitative estimate of drug-likeness (QED) is 0.863. The van der Waals surface area contributed by atoms with Crippen molar-refractivity contribution in [2.75, 3.05) is 13.1 Å². The molecule has 1 unspecified atom stereocenters. The number of aliphatic imine (C=N–C) groups is 1. The molecule has 0 saturated heterocycles. The largest absolute Gasteiger partial charge is 0.421 e. The van der Waals surface area contributed by atoms with Crippen LogP contribution in [0.3, 0.4) is 0 Å². The maximum Gasteiger partial charge on any atom is 0.334 e. The van der Waals surface area contributed by atoms with E-state index >= 15 is 0 Å². The summed E-state index contributed by atoms with van der Waals surface area (Å²) in [6, 6.07) is 2.80. The van der Waals surface area contributed by atoms with Crippen LogP contribution in [0.15, 0.2) is 32.0 Å². The molecule has 0 bridgehead atoms. The smallest absolute Gasteiger partial charge is 0.334 e. The van der Waals surface area contributed by atoms with Gasteiger partial charge in [0.2, 0.25) is 5.96 Å². The van der Waals surface area contributed by atoms with Crippen LogP contribution in [0.2, 0.25) is 0 Å². The van der Waals surface area contributed by atoms with Gasteiger partial charge in [-0.05, 0) is 25.0 Å². The van der Waals surface area contributed by atoms with Gasteiger partial charge in [-0.2, -0.15) is 9.36 Å². The molecular formula is C14H19F2N5OS. The zero-order valence-electron chi connectivity index (χ0n) is 13.0. The van der Waals surface area contributed by atoms with Gasteiger partial charge in [-0.1, -0.05) is 13.8 Å². The van der Waals surface area contributed by atoms with Crippen molar-refractivity contribution in [3.05, 3.63) is 29.8 Å². The fourth-order valence-corrected chi connectivity index (χ4v) is 3.29. The molecule has 0 aliphatic carbocycles. The van der Waals surface area contributed by atoms with Gasteiger partial charge in [-0.15, -0.1) is 4.40 Å². The molecule has 0 fully saturated rings. The van der Waals surface area contributed by atoms with E-state index in [4.69, 9.17) is 10.5 Å². The average molecular weight is 343 g/mol. The van der Waals surface area contributed by atoms with Crippen molar-refractivity contribution < 1.29 is 13.5 Å². The summed E-state index contributed by atoms with van der Waals surface area (Å²) >= 11 is -0.879. The van der Waals surface area contributed by atoms with E-state index in [1.54, 1.807) is 0 Å². The van der Waals surface area contributed by atoms with Crippen LogP contribution in [-0.4, -0.2) is 29.4 Å². The van der Waals surface area contributed by atoms with Crippen LogP contribution in [0, 0.1) is 11.6 Å². The Hall–Kier alpha value is -1.87. The highest BCUT2D eigenvalue weighted by molar-refractivity contribution is 7.84. The van der Waals surface area contributed by atoms with Crippen LogP contribution < -0.4 is 10.5 Å². The molecule has 23 heavy (non-hydrogen) atoms. The summed E-state index contributed by atoms with van der Waals surface area (Å²) in [7, 11) is 0. The standard InChI is InChI=1S/C14H19F2N5OS/c1-3-7-21(8-4-2)23-19-13(17)18-14(20-23)22-12-9-10(15)5-6-11(12)16/h5-6,9H,3-4,7-8H2,1-2H3,(H2,17,18,19,20). The van der Waals surface area contributed by atoms with Gasteiger partial charge >= 0.3 is 6.02 Å². The van der Waals surface area contributed by atoms with Gasteiger partial charge in [0.15, 0.2) is 11.6 Å². The predicted octanol–water partition coefficient (Wildman–Crippen LogP) is 2.78. The molecule has 1 aromatic rings. The van der Waals surface area contributed by atoms with Crippen molar-refractivity contribution in [3.8, 4) is 5.75 Å². The minimum Gasteiger partial charge on any atom is -0.421 e. The molecule has 9 heteroatoms. The molecule has 2 rings (SSSR count). The first-order chi connectivity index (χ1) is 11.0. The van der Waals surface area contributed by atoms with Gasteiger partial charge in [0, 0.05) is 19.2 Å². The number of hydrogen-bond donors (Lipinski definition) is 1. The topological polar surface area (TPSA) is 75.6 Å². The molecule has 0 saturated carbocycles. The summed E-state index contributed by atoms with van der Waals surface area (Å²) < 4.78 is 42.6. The van der Waals surface area contributed by atoms with E-state index in [0.717, 1.165) is 44.1 Å². The monoisotopic (exact) mass is 343 g/mol. The van der Waals surface area contributed by atoms with Crippen molar-refractivity contribution in [1.82, 2.24) is 4.31 Å². The molecule has 0 amide bonds. The number of amidine groups is 1. The second kappa shape index (κ2) is 8.11. The van der Waals surface area contributed by atoms with Crippen LogP contribution in [0.1, 0.15) is 26.7 Å². The Balaban J connectivity index is 2.25. The molecule has 126 valence electrons. The molecule has 0 radical (unpaired) electrons. The zero-order valence-corrected chi connectivity index (χ0v) is 13.8. The fourth-order valence-electron chi connectivity index (χ4n) is 1.90. The van der Waals surface area contributed by atoms with E-state index in [2.05, 4.69) is 27.6 Å². The Morgan fingerprint density at radius 2 is 1.91 bits per heavy atom. The van der Waals surface area contributed by atoms with E-state index in [0.29, 0.717) is 0 Å². The molecule has 0 spiro atoms. The van der Waals surface area contributed by atoms with E-state index in [-0.39, 0.29) is 17.7 Å². The van der Waals surface area contributed by atoms with E-state index < -0.39 is 22.7 Å². The summed E-state index contributed by atoms with van der Waals surface area (Å²) in [4.78, 5) is 3.85. The lowest BCUT2D eigenvalue weighted by molar-refractivity contribution is 0.458. The number of ether oxygens (including phenoxy) is 1. The van der Waals surface area contributed by atoms with Crippen molar-refractivity contribution in [1.29, 1.82) is 0 Å². The highest BCUT2D eigenvalue weighted by Gasteiger charge is 2.18. The molecule has 2 N–H and O–H groups in total. The van der Waals surface area contributed by atoms with Gasteiger partial charge in [0.1, 0.15) is 16.9 Å². The predicted molar refractivity (Wildman–Crippen MR) is 88.0 cm³/mol. The zero-order chi connectivity index (χ0) is 16.8. The summed E-state index contributed by atoms with van der Waals surface area (Å²) in [6.07, 6.45) is 1.86. The van der Waals surface area contributed by atoms with Gasteiger partial charge in [-0.3, -0.25) is 0 Å². The van der Waals surface area contributed by atoms with Gasteiger partial charge < -0.3 is 10.5 Å². The lowest BCUT2D eigenvalue weighted by Crippen LogP contribution is -2.31. The number of guanidine groups is 1. The molecule has 6 nitrogen and oxygen atoms in total. The third-order valence-electron chi connectivity index (χ3n) is 2.82. The SMILES string of the molecule is CCCN(CCC)S1=NC(N)=NC(Oc2cc(F)ccc2F)=N1. The summed E-state index contributed by atoms with van der Waals surface area (Å²) in [5, 5.41) is 0. The minimum atomic E-state index is -0.879. The minimum absolute atomic E-state index is 0.00681. The highest BCUT2D eigenvalue weighted by Crippen LogP contribution is 2.19. The van der Waals surface area contributed by atoms with Crippen LogP contribution in [0.4, 0.5) is 8.78 Å². The number of hydrogen-bond acceptors (Lipinski definition) is 6. The van der Waals surface area contributed by atoms with Crippen LogP contribution in [0.5, 0.6) is 5.75 Å². The molecule has 1 aliphatic rings. The molecule has 0 aromatic heterocycles. The number of halogens is 2. The number of nitrogens with zero attached hydrogens (tertiary/aromatic N) is 4. The fraction of sp³-hybridized carbons (Fsp3) is 0.429. The molecule has 1 atom stereocenters. The lowest BCUT2D eigenvalue weighted by Gasteiger charge is -2.22. The lowest BCUT2D eigenvalue weighted by atomic mass is 10.3. The van der Waals surface area contributed by atoms with Crippen molar-refractivity contribution in [2.24, 2.45) is 19.5 Å². The van der Waals surface area contributed by atoms with Crippen molar-refractivity contribution in [2.45, 2.75) is 26.7 Å². The van der Waals surface area contributed by atoms with E-state index in [9.17, 15) is 8.78 Å². The maximum atomic E-state index is 13.7. The number of rotatable bonds is 6. The highest BCUT2D eigenvalue weighted by atomic mass is 32.2.